The fourth-order valence-corrected chi connectivity index (χ4v) is 3.20. The second kappa shape index (κ2) is 6.43. The van der Waals surface area contributed by atoms with Crippen LogP contribution in [0.1, 0.15) is 17.2 Å². The van der Waals surface area contributed by atoms with E-state index in [0.29, 0.717) is 0 Å². The second-order valence-corrected chi connectivity index (χ2v) is 6.86. The molecule has 0 bridgehead atoms. The molecule has 0 aliphatic carbocycles. The molecule has 106 valence electrons. The molecule has 3 aromatic rings. The Morgan fingerprint density at radius 3 is 2.19 bits per heavy atom. The molecule has 1 atom stereocenters. The van der Waals surface area contributed by atoms with E-state index in [1.807, 2.05) is 66.0 Å². The van der Waals surface area contributed by atoms with Gasteiger partial charge in [0.2, 0.25) is 0 Å². The molecule has 0 amide bonds. The van der Waals surface area contributed by atoms with Crippen molar-refractivity contribution in [1.82, 2.24) is 0 Å². The molecular formula is C17H13BrO2S. The van der Waals surface area contributed by atoms with E-state index < -0.39 is 6.10 Å². The number of para-hydroxylation sites is 1. The third-order valence-electron chi connectivity index (χ3n) is 3.08. The molecule has 3 rings (SSSR count). The van der Waals surface area contributed by atoms with Crippen molar-refractivity contribution in [3.8, 4) is 11.5 Å². The summed E-state index contributed by atoms with van der Waals surface area (Å²) in [6, 6.07) is 19.1. The van der Waals surface area contributed by atoms with Crippen LogP contribution in [-0.2, 0) is 0 Å². The molecule has 0 aliphatic heterocycles. The number of hydrogen-bond donors (Lipinski definition) is 1. The topological polar surface area (TPSA) is 29.5 Å². The van der Waals surface area contributed by atoms with E-state index in [4.69, 9.17) is 4.74 Å². The van der Waals surface area contributed by atoms with Crippen molar-refractivity contribution in [3.63, 3.8) is 0 Å². The van der Waals surface area contributed by atoms with Crippen LogP contribution in [0, 0.1) is 0 Å². The van der Waals surface area contributed by atoms with Crippen LogP contribution in [0.3, 0.4) is 0 Å². The van der Waals surface area contributed by atoms with Crippen molar-refractivity contribution in [2.24, 2.45) is 0 Å². The second-order valence-electron chi connectivity index (χ2n) is 4.57. The van der Waals surface area contributed by atoms with Crippen LogP contribution in [0.25, 0.3) is 0 Å². The smallest absolute Gasteiger partial charge is 0.127 e. The molecule has 1 unspecified atom stereocenters. The van der Waals surface area contributed by atoms with E-state index in [-0.39, 0.29) is 0 Å². The molecule has 0 saturated heterocycles. The molecule has 0 aliphatic rings. The van der Waals surface area contributed by atoms with E-state index in [9.17, 15) is 5.11 Å². The SMILES string of the molecule is OC(c1ccc(Oc2ccccc2)cc1)c1csc(Br)c1. The third-order valence-corrected chi connectivity index (χ3v) is 4.60. The maximum absolute atomic E-state index is 10.3. The monoisotopic (exact) mass is 360 g/mol. The van der Waals surface area contributed by atoms with Gasteiger partial charge in [-0.3, -0.25) is 0 Å². The summed E-state index contributed by atoms with van der Waals surface area (Å²) < 4.78 is 6.75. The van der Waals surface area contributed by atoms with Crippen LogP contribution in [-0.4, -0.2) is 5.11 Å². The molecule has 0 saturated carbocycles. The first kappa shape index (κ1) is 14.3. The molecule has 1 N–H and O–H groups in total. The molecule has 4 heteroatoms. The fourth-order valence-electron chi connectivity index (χ4n) is 2.00. The quantitative estimate of drug-likeness (QED) is 0.676. The summed E-state index contributed by atoms with van der Waals surface area (Å²) in [6.45, 7) is 0. The molecular weight excluding hydrogens is 348 g/mol. The van der Waals surface area contributed by atoms with Crippen molar-refractivity contribution in [2.75, 3.05) is 0 Å². The van der Waals surface area contributed by atoms with Gasteiger partial charge in [-0.2, -0.15) is 0 Å². The lowest BCUT2D eigenvalue weighted by Gasteiger charge is -2.11. The Hall–Kier alpha value is -1.62. The number of aliphatic hydroxyl groups excluding tert-OH is 1. The Morgan fingerprint density at radius 2 is 1.57 bits per heavy atom. The van der Waals surface area contributed by atoms with Gasteiger partial charge in [0.15, 0.2) is 0 Å². The summed E-state index contributed by atoms with van der Waals surface area (Å²) in [5.74, 6) is 1.55. The lowest BCUT2D eigenvalue weighted by atomic mass is 10.0. The van der Waals surface area contributed by atoms with Gasteiger partial charge in [-0.05, 0) is 62.8 Å². The Balaban J connectivity index is 1.75. The predicted octanol–water partition coefficient (Wildman–Crippen LogP) is 5.38. The summed E-state index contributed by atoms with van der Waals surface area (Å²) in [4.78, 5) is 0. The largest absolute Gasteiger partial charge is 0.457 e. The van der Waals surface area contributed by atoms with Gasteiger partial charge in [-0.25, -0.2) is 0 Å². The maximum atomic E-state index is 10.3. The summed E-state index contributed by atoms with van der Waals surface area (Å²) in [5.41, 5.74) is 1.74. The molecule has 2 aromatic carbocycles. The van der Waals surface area contributed by atoms with Crippen LogP contribution in [0.2, 0.25) is 0 Å². The number of aliphatic hydroxyl groups is 1. The standard InChI is InChI=1S/C17H13BrO2S/c18-16-10-13(11-21-16)17(19)12-6-8-15(9-7-12)20-14-4-2-1-3-5-14/h1-11,17,19H. The van der Waals surface area contributed by atoms with Crippen molar-refractivity contribution >= 4 is 27.3 Å². The molecule has 2 nitrogen and oxygen atoms in total. The summed E-state index contributed by atoms with van der Waals surface area (Å²) in [7, 11) is 0. The first-order valence-corrected chi connectivity index (χ1v) is 8.14. The molecule has 0 spiro atoms. The summed E-state index contributed by atoms with van der Waals surface area (Å²) in [5, 5.41) is 12.3. The fraction of sp³-hybridized carbons (Fsp3) is 0.0588. The first-order valence-electron chi connectivity index (χ1n) is 6.47. The van der Waals surface area contributed by atoms with Gasteiger partial charge in [0.25, 0.3) is 0 Å². The molecule has 1 heterocycles. The van der Waals surface area contributed by atoms with Gasteiger partial charge in [0.05, 0.1) is 3.79 Å². The van der Waals surface area contributed by atoms with Crippen molar-refractivity contribution < 1.29 is 9.84 Å². The van der Waals surface area contributed by atoms with Gasteiger partial charge in [-0.1, -0.05) is 30.3 Å². The molecule has 0 fully saturated rings. The van der Waals surface area contributed by atoms with Gasteiger partial charge >= 0.3 is 0 Å². The zero-order valence-corrected chi connectivity index (χ0v) is 13.5. The number of benzene rings is 2. The number of rotatable bonds is 4. The minimum atomic E-state index is -0.613. The molecule has 0 radical (unpaired) electrons. The number of thiophene rings is 1. The number of ether oxygens (including phenoxy) is 1. The Labute approximate surface area is 135 Å². The number of hydrogen-bond acceptors (Lipinski definition) is 3. The van der Waals surface area contributed by atoms with Gasteiger partial charge in [0.1, 0.15) is 17.6 Å². The minimum absolute atomic E-state index is 0.613. The van der Waals surface area contributed by atoms with Crippen molar-refractivity contribution in [3.05, 3.63) is 81.0 Å². The maximum Gasteiger partial charge on any atom is 0.127 e. The minimum Gasteiger partial charge on any atom is -0.457 e. The lowest BCUT2D eigenvalue weighted by molar-refractivity contribution is 0.220. The van der Waals surface area contributed by atoms with Gasteiger partial charge < -0.3 is 9.84 Å². The summed E-state index contributed by atoms with van der Waals surface area (Å²) in [6.07, 6.45) is -0.613. The van der Waals surface area contributed by atoms with Crippen LogP contribution < -0.4 is 4.74 Å². The average Bonchev–Trinajstić information content (AvgIpc) is 2.95. The highest BCUT2D eigenvalue weighted by Gasteiger charge is 2.12. The first-order chi connectivity index (χ1) is 10.2. The van der Waals surface area contributed by atoms with Crippen LogP contribution in [0.4, 0.5) is 0 Å². The van der Waals surface area contributed by atoms with Crippen molar-refractivity contribution in [2.45, 2.75) is 6.10 Å². The number of halogens is 1. The van der Waals surface area contributed by atoms with Crippen molar-refractivity contribution in [1.29, 1.82) is 0 Å². The van der Waals surface area contributed by atoms with E-state index in [2.05, 4.69) is 15.9 Å². The van der Waals surface area contributed by atoms with Crippen LogP contribution in [0.5, 0.6) is 11.5 Å². The predicted molar refractivity (Wildman–Crippen MR) is 89.0 cm³/mol. The average molecular weight is 361 g/mol. The van der Waals surface area contributed by atoms with E-state index in [1.54, 1.807) is 11.3 Å². The van der Waals surface area contributed by atoms with Gasteiger partial charge in [-0.15, -0.1) is 11.3 Å². The highest BCUT2D eigenvalue weighted by molar-refractivity contribution is 9.11. The van der Waals surface area contributed by atoms with E-state index in [1.165, 1.54) is 0 Å². The zero-order valence-electron chi connectivity index (χ0n) is 11.1. The normalized spacial score (nSPS) is 12.1. The van der Waals surface area contributed by atoms with E-state index >= 15 is 0 Å². The Morgan fingerprint density at radius 1 is 0.905 bits per heavy atom. The van der Waals surface area contributed by atoms with Crippen LogP contribution in [0.15, 0.2) is 69.8 Å². The van der Waals surface area contributed by atoms with E-state index in [0.717, 1.165) is 26.4 Å². The molecule has 1 aromatic heterocycles. The van der Waals surface area contributed by atoms with Gasteiger partial charge in [0, 0.05) is 0 Å². The Bertz CT molecular complexity index is 707. The highest BCUT2D eigenvalue weighted by Crippen LogP contribution is 2.30. The Kier molecular flexibility index (Phi) is 4.39. The zero-order chi connectivity index (χ0) is 14.7. The third kappa shape index (κ3) is 3.53. The lowest BCUT2D eigenvalue weighted by Crippen LogP contribution is -1.97. The summed E-state index contributed by atoms with van der Waals surface area (Å²) >= 11 is 4.97. The molecule has 21 heavy (non-hydrogen) atoms. The highest BCUT2D eigenvalue weighted by atomic mass is 79.9. The van der Waals surface area contributed by atoms with Crippen LogP contribution >= 0.6 is 27.3 Å².